The molecule has 0 spiro atoms. The van der Waals surface area contributed by atoms with Crippen LogP contribution in [0, 0.1) is 0 Å². The van der Waals surface area contributed by atoms with Crippen LogP contribution in [0.2, 0.25) is 0 Å². The third-order valence-corrected chi connectivity index (χ3v) is 1.83. The van der Waals surface area contributed by atoms with Crippen LogP contribution >= 0.6 is 0 Å². The van der Waals surface area contributed by atoms with Gasteiger partial charge in [0.2, 0.25) is 0 Å². The van der Waals surface area contributed by atoms with Crippen molar-refractivity contribution in [3.8, 4) is 0 Å². The lowest BCUT2D eigenvalue weighted by molar-refractivity contribution is 0.206. The molecule has 0 atom stereocenters. The third kappa shape index (κ3) is 4.53. The van der Waals surface area contributed by atoms with Crippen molar-refractivity contribution >= 4 is 0 Å². The molecule has 0 aliphatic heterocycles. The smallest absolute Gasteiger partial charge is 0.126 e. The van der Waals surface area contributed by atoms with E-state index in [4.69, 9.17) is 10.7 Å². The van der Waals surface area contributed by atoms with Gasteiger partial charge in [-0.25, -0.2) is 0 Å². The summed E-state index contributed by atoms with van der Waals surface area (Å²) in [6, 6.07) is 0. The van der Waals surface area contributed by atoms with Gasteiger partial charge >= 0.3 is 0 Å². The molecule has 0 bridgehead atoms. The maximum Gasteiger partial charge on any atom is 0.126 e. The molecule has 0 heterocycles. The largest absolute Gasteiger partial charge is 0.416 e. The van der Waals surface area contributed by atoms with Gasteiger partial charge in [-0.1, -0.05) is 31.2 Å². The second-order valence-electron chi connectivity index (χ2n) is 3.07. The van der Waals surface area contributed by atoms with Crippen molar-refractivity contribution in [3.05, 3.63) is 35.6 Å². The molecule has 0 saturated heterocycles. The summed E-state index contributed by atoms with van der Waals surface area (Å²) in [6.45, 7) is 9.76. The number of nitrogens with two attached hydrogens (primary N) is 1. The average Bonchev–Trinajstić information content (AvgIpc) is 2.13. The molecule has 0 aromatic rings. The van der Waals surface area contributed by atoms with Crippen LogP contribution in [0.25, 0.3) is 0 Å². The van der Waals surface area contributed by atoms with Crippen LogP contribution in [0.1, 0.15) is 33.6 Å². The number of rotatable bonds is 5. The Hall–Kier alpha value is -1.02. The Morgan fingerprint density at radius 3 is 2.46 bits per heavy atom. The highest BCUT2D eigenvalue weighted by Gasteiger charge is 1.99. The standard InChI is InChI=1S/C11H19NO/c1-5-7-11(13-12)10(4)8-9(3)6-2/h6,8H,2,5,7,12H2,1,3-4H3/b9-8-,11-10+. The summed E-state index contributed by atoms with van der Waals surface area (Å²) in [5.74, 6) is 6.01. The molecular formula is C11H19NO. The first kappa shape index (κ1) is 12.0. The second-order valence-corrected chi connectivity index (χ2v) is 3.07. The first-order chi connectivity index (χ1) is 6.15. The van der Waals surface area contributed by atoms with Gasteiger partial charge in [-0.3, -0.25) is 0 Å². The van der Waals surface area contributed by atoms with Crippen molar-refractivity contribution in [1.82, 2.24) is 0 Å². The van der Waals surface area contributed by atoms with E-state index in [-0.39, 0.29) is 0 Å². The van der Waals surface area contributed by atoms with Gasteiger partial charge in [0.25, 0.3) is 0 Å². The minimum Gasteiger partial charge on any atom is -0.416 e. The van der Waals surface area contributed by atoms with Crippen molar-refractivity contribution in [2.75, 3.05) is 0 Å². The first-order valence-corrected chi connectivity index (χ1v) is 4.52. The topological polar surface area (TPSA) is 35.2 Å². The molecule has 0 aliphatic rings. The molecule has 0 fully saturated rings. The van der Waals surface area contributed by atoms with Gasteiger partial charge in [-0.05, 0) is 25.8 Å². The zero-order valence-corrected chi connectivity index (χ0v) is 8.76. The van der Waals surface area contributed by atoms with Gasteiger partial charge in [-0.15, -0.1) is 0 Å². The van der Waals surface area contributed by atoms with Crippen molar-refractivity contribution in [2.24, 2.45) is 5.90 Å². The Kier molecular flexibility index (Phi) is 5.98. The van der Waals surface area contributed by atoms with Crippen molar-refractivity contribution in [1.29, 1.82) is 0 Å². The van der Waals surface area contributed by atoms with E-state index in [9.17, 15) is 0 Å². The summed E-state index contributed by atoms with van der Waals surface area (Å²) >= 11 is 0. The van der Waals surface area contributed by atoms with Gasteiger partial charge in [0.15, 0.2) is 0 Å². The summed E-state index contributed by atoms with van der Waals surface area (Å²) < 4.78 is 0. The summed E-state index contributed by atoms with van der Waals surface area (Å²) in [4.78, 5) is 4.80. The van der Waals surface area contributed by atoms with E-state index < -0.39 is 0 Å². The molecular weight excluding hydrogens is 162 g/mol. The Morgan fingerprint density at radius 1 is 1.46 bits per heavy atom. The van der Waals surface area contributed by atoms with Crippen LogP contribution < -0.4 is 5.90 Å². The second kappa shape index (κ2) is 6.49. The predicted molar refractivity (Wildman–Crippen MR) is 56.8 cm³/mol. The van der Waals surface area contributed by atoms with E-state index in [1.54, 1.807) is 0 Å². The van der Waals surface area contributed by atoms with Gasteiger partial charge in [-0.2, -0.15) is 5.90 Å². The van der Waals surface area contributed by atoms with E-state index in [1.165, 1.54) is 0 Å². The normalized spacial score (nSPS) is 13.7. The van der Waals surface area contributed by atoms with Crippen molar-refractivity contribution in [3.63, 3.8) is 0 Å². The highest BCUT2D eigenvalue weighted by atomic mass is 16.6. The van der Waals surface area contributed by atoms with Crippen molar-refractivity contribution in [2.45, 2.75) is 33.6 Å². The highest BCUT2D eigenvalue weighted by Crippen LogP contribution is 2.13. The summed E-state index contributed by atoms with van der Waals surface area (Å²) in [6.07, 6.45) is 5.74. The fourth-order valence-corrected chi connectivity index (χ4v) is 1.06. The molecule has 2 heteroatoms. The maximum atomic E-state index is 5.16. The quantitative estimate of drug-likeness (QED) is 0.402. The van der Waals surface area contributed by atoms with Crippen LogP contribution in [0.4, 0.5) is 0 Å². The molecule has 0 radical (unpaired) electrons. The van der Waals surface area contributed by atoms with Gasteiger partial charge in [0.05, 0.1) is 0 Å². The average molecular weight is 181 g/mol. The lowest BCUT2D eigenvalue weighted by Crippen LogP contribution is -2.01. The van der Waals surface area contributed by atoms with E-state index in [2.05, 4.69) is 13.5 Å². The van der Waals surface area contributed by atoms with Crippen LogP contribution in [-0.2, 0) is 4.84 Å². The van der Waals surface area contributed by atoms with Crippen molar-refractivity contribution < 1.29 is 4.84 Å². The van der Waals surface area contributed by atoms with Crippen LogP contribution in [0.15, 0.2) is 35.6 Å². The Bertz CT molecular complexity index is 226. The summed E-state index contributed by atoms with van der Waals surface area (Å²) in [7, 11) is 0. The van der Waals surface area contributed by atoms with Crippen LogP contribution in [0.3, 0.4) is 0 Å². The Balaban J connectivity index is 4.64. The molecule has 74 valence electrons. The number of hydrogen-bond donors (Lipinski definition) is 1. The lowest BCUT2D eigenvalue weighted by atomic mass is 10.1. The lowest BCUT2D eigenvalue weighted by Gasteiger charge is -2.06. The van der Waals surface area contributed by atoms with E-state index in [0.29, 0.717) is 0 Å². The van der Waals surface area contributed by atoms with E-state index >= 15 is 0 Å². The maximum absolute atomic E-state index is 5.16. The highest BCUT2D eigenvalue weighted by molar-refractivity contribution is 5.28. The minimum absolute atomic E-state index is 0.851. The molecule has 0 aromatic heterocycles. The third-order valence-electron chi connectivity index (χ3n) is 1.83. The monoisotopic (exact) mass is 181 g/mol. The minimum atomic E-state index is 0.851. The predicted octanol–water partition coefficient (Wildman–Crippen LogP) is 3.08. The zero-order valence-electron chi connectivity index (χ0n) is 8.76. The molecule has 0 rings (SSSR count). The molecule has 0 amide bonds. The number of hydrogen-bond acceptors (Lipinski definition) is 2. The number of allylic oxidation sites excluding steroid dienone is 5. The molecule has 0 saturated carbocycles. The first-order valence-electron chi connectivity index (χ1n) is 4.52. The van der Waals surface area contributed by atoms with Gasteiger partial charge in [0.1, 0.15) is 5.76 Å². The fourth-order valence-electron chi connectivity index (χ4n) is 1.06. The fraction of sp³-hybridized carbons (Fsp3) is 0.455. The molecule has 2 nitrogen and oxygen atoms in total. The van der Waals surface area contributed by atoms with E-state index in [1.807, 2.05) is 26.0 Å². The Labute approximate surface area is 80.7 Å². The van der Waals surface area contributed by atoms with Crippen LogP contribution in [0.5, 0.6) is 0 Å². The molecule has 0 aromatic carbocycles. The Morgan fingerprint density at radius 2 is 2.08 bits per heavy atom. The van der Waals surface area contributed by atoms with Crippen LogP contribution in [-0.4, -0.2) is 0 Å². The van der Waals surface area contributed by atoms with E-state index in [0.717, 1.165) is 29.7 Å². The SMILES string of the molecule is C=C/C(C)=C\C(C)=C(/CCC)ON. The molecule has 0 aliphatic carbocycles. The molecule has 13 heavy (non-hydrogen) atoms. The molecule has 2 N–H and O–H groups in total. The molecule has 0 unspecified atom stereocenters. The summed E-state index contributed by atoms with van der Waals surface area (Å²) in [5.41, 5.74) is 2.19. The van der Waals surface area contributed by atoms with Gasteiger partial charge in [0, 0.05) is 6.42 Å². The van der Waals surface area contributed by atoms with Gasteiger partial charge < -0.3 is 4.84 Å². The summed E-state index contributed by atoms with van der Waals surface area (Å²) in [5, 5.41) is 0. The zero-order chi connectivity index (χ0) is 10.3.